The van der Waals surface area contributed by atoms with Crippen LogP contribution in [-0.4, -0.2) is 48.1 Å². The van der Waals surface area contributed by atoms with E-state index in [4.69, 9.17) is 9.84 Å². The van der Waals surface area contributed by atoms with Gasteiger partial charge in [-0.15, -0.1) is 0 Å². The van der Waals surface area contributed by atoms with Crippen molar-refractivity contribution in [3.63, 3.8) is 0 Å². The van der Waals surface area contributed by atoms with Gasteiger partial charge in [-0.25, -0.2) is 8.78 Å². The van der Waals surface area contributed by atoms with Crippen molar-refractivity contribution in [3.05, 3.63) is 35.4 Å². The van der Waals surface area contributed by atoms with Gasteiger partial charge in [0.25, 0.3) is 12.3 Å². The highest BCUT2D eigenvalue weighted by molar-refractivity contribution is 5.94. The quantitative estimate of drug-likeness (QED) is 0.801. The molecule has 0 unspecified atom stereocenters. The second-order valence-corrected chi connectivity index (χ2v) is 4.92. The molecule has 1 aromatic rings. The molecule has 0 radical (unpaired) electrons. The Hall–Kier alpha value is -1.53. The summed E-state index contributed by atoms with van der Waals surface area (Å²) in [6.45, 7) is 3.14. The Bertz CT molecular complexity index is 435. The van der Waals surface area contributed by atoms with Gasteiger partial charge in [0.1, 0.15) is 0 Å². The smallest absolute Gasteiger partial charge is 0.255 e. The fourth-order valence-electron chi connectivity index (χ4n) is 1.75. The highest BCUT2D eigenvalue weighted by atomic mass is 19.3. The molecule has 0 fully saturated rings. The zero-order valence-corrected chi connectivity index (χ0v) is 12.3. The minimum Gasteiger partial charge on any atom is -0.395 e. The van der Waals surface area contributed by atoms with Gasteiger partial charge in [0.05, 0.1) is 25.9 Å². The fourth-order valence-corrected chi connectivity index (χ4v) is 1.75. The van der Waals surface area contributed by atoms with Crippen LogP contribution in [0.15, 0.2) is 24.3 Å². The number of aliphatic hydroxyl groups excluding tert-OH is 1. The number of alkyl halides is 2. The van der Waals surface area contributed by atoms with E-state index in [1.54, 1.807) is 24.3 Å². The van der Waals surface area contributed by atoms with E-state index in [1.165, 1.54) is 0 Å². The van der Waals surface area contributed by atoms with Gasteiger partial charge in [-0.05, 0) is 31.5 Å². The number of hydrogen-bond acceptors (Lipinski definition) is 3. The molecule has 0 aliphatic heterocycles. The van der Waals surface area contributed by atoms with Crippen LogP contribution in [0, 0.1) is 0 Å². The van der Waals surface area contributed by atoms with Gasteiger partial charge in [0.15, 0.2) is 0 Å². The third-order valence-corrected chi connectivity index (χ3v) is 2.80. The number of hydrogen-bond donors (Lipinski definition) is 1. The highest BCUT2D eigenvalue weighted by Gasteiger charge is 2.19. The van der Waals surface area contributed by atoms with Crippen molar-refractivity contribution in [3.8, 4) is 0 Å². The molecule has 21 heavy (non-hydrogen) atoms. The molecule has 1 aromatic carbocycles. The van der Waals surface area contributed by atoms with Gasteiger partial charge in [-0.2, -0.15) is 0 Å². The number of aliphatic hydroxyl groups is 1. The van der Waals surface area contributed by atoms with Crippen LogP contribution in [0.4, 0.5) is 8.78 Å². The van der Waals surface area contributed by atoms with Gasteiger partial charge < -0.3 is 14.7 Å². The van der Waals surface area contributed by atoms with Crippen LogP contribution in [0.1, 0.15) is 29.8 Å². The number of carbonyl (C=O) groups is 1. The van der Waals surface area contributed by atoms with Crippen molar-refractivity contribution >= 4 is 5.91 Å². The molecule has 1 amide bonds. The molecular formula is C15H21F2NO3. The Morgan fingerprint density at radius 2 is 1.90 bits per heavy atom. The highest BCUT2D eigenvalue weighted by Crippen LogP contribution is 2.11. The van der Waals surface area contributed by atoms with Crippen LogP contribution in [0.5, 0.6) is 0 Å². The van der Waals surface area contributed by atoms with Crippen molar-refractivity contribution in [1.29, 1.82) is 0 Å². The average molecular weight is 301 g/mol. The summed E-state index contributed by atoms with van der Waals surface area (Å²) in [4.78, 5) is 13.0. The minimum atomic E-state index is -2.63. The predicted octanol–water partition coefficient (Wildman–Crippen LogP) is 2.31. The van der Waals surface area contributed by atoms with E-state index in [9.17, 15) is 13.6 Å². The second-order valence-electron chi connectivity index (χ2n) is 4.92. The summed E-state index contributed by atoms with van der Waals surface area (Å²) in [5, 5.41) is 8.86. The van der Waals surface area contributed by atoms with E-state index in [2.05, 4.69) is 0 Å². The van der Waals surface area contributed by atoms with Gasteiger partial charge in [0, 0.05) is 12.1 Å². The predicted molar refractivity (Wildman–Crippen MR) is 75.4 cm³/mol. The fraction of sp³-hybridized carbons (Fsp3) is 0.533. The van der Waals surface area contributed by atoms with Crippen LogP contribution in [-0.2, 0) is 11.3 Å². The summed E-state index contributed by atoms with van der Waals surface area (Å²) in [6, 6.07) is 6.62. The van der Waals surface area contributed by atoms with E-state index in [-0.39, 0.29) is 19.3 Å². The Morgan fingerprint density at radius 3 is 2.38 bits per heavy atom. The molecule has 0 heterocycles. The van der Waals surface area contributed by atoms with Crippen LogP contribution < -0.4 is 0 Å². The van der Waals surface area contributed by atoms with Gasteiger partial charge >= 0.3 is 0 Å². The summed E-state index contributed by atoms with van der Waals surface area (Å²) in [7, 11) is 0. The number of halogens is 2. The second kappa shape index (κ2) is 8.69. The molecule has 0 bridgehead atoms. The molecule has 0 atom stereocenters. The molecule has 0 aliphatic rings. The topological polar surface area (TPSA) is 49.8 Å². The third kappa shape index (κ3) is 6.18. The molecule has 4 nitrogen and oxygen atoms in total. The normalized spacial score (nSPS) is 11.2. The lowest BCUT2D eigenvalue weighted by Crippen LogP contribution is -2.37. The van der Waals surface area contributed by atoms with E-state index in [0.29, 0.717) is 12.2 Å². The van der Waals surface area contributed by atoms with Crippen LogP contribution in [0.2, 0.25) is 0 Å². The van der Waals surface area contributed by atoms with E-state index >= 15 is 0 Å². The minimum absolute atomic E-state index is 0.109. The molecule has 1 N–H and O–H groups in total. The van der Waals surface area contributed by atoms with Crippen molar-refractivity contribution in [2.24, 2.45) is 0 Å². The van der Waals surface area contributed by atoms with Crippen molar-refractivity contribution in [2.75, 3.05) is 19.7 Å². The maximum Gasteiger partial charge on any atom is 0.255 e. The standard InChI is InChI=1S/C15H21F2NO3/c1-11(2)21-10-12-3-5-13(6-4-12)15(20)18(7-8-19)9-14(16)17/h3-6,11,14,19H,7-10H2,1-2H3. The molecule has 0 aromatic heterocycles. The zero-order valence-electron chi connectivity index (χ0n) is 12.3. The lowest BCUT2D eigenvalue weighted by molar-refractivity contribution is 0.0508. The lowest BCUT2D eigenvalue weighted by atomic mass is 10.1. The molecule has 0 aliphatic carbocycles. The Kier molecular flexibility index (Phi) is 7.25. The lowest BCUT2D eigenvalue weighted by Gasteiger charge is -2.21. The maximum absolute atomic E-state index is 12.4. The number of nitrogens with zero attached hydrogens (tertiary/aromatic N) is 1. The SMILES string of the molecule is CC(C)OCc1ccc(C(=O)N(CCO)CC(F)F)cc1. The van der Waals surface area contributed by atoms with Crippen molar-refractivity contribution in [1.82, 2.24) is 4.90 Å². The average Bonchev–Trinajstić information content (AvgIpc) is 2.44. The monoisotopic (exact) mass is 301 g/mol. The van der Waals surface area contributed by atoms with Gasteiger partial charge in [-0.1, -0.05) is 12.1 Å². The molecule has 0 spiro atoms. The number of ether oxygens (including phenoxy) is 1. The molecular weight excluding hydrogens is 280 g/mol. The van der Waals surface area contributed by atoms with E-state index in [0.717, 1.165) is 10.5 Å². The third-order valence-electron chi connectivity index (χ3n) is 2.80. The van der Waals surface area contributed by atoms with Crippen molar-refractivity contribution in [2.45, 2.75) is 33.0 Å². The molecule has 0 saturated carbocycles. The number of amides is 1. The summed E-state index contributed by atoms with van der Waals surface area (Å²) < 4.78 is 30.3. The van der Waals surface area contributed by atoms with E-state index in [1.807, 2.05) is 13.8 Å². The van der Waals surface area contributed by atoms with Crippen LogP contribution >= 0.6 is 0 Å². The summed E-state index contributed by atoms with van der Waals surface area (Å²) in [5.41, 5.74) is 1.22. The summed E-state index contributed by atoms with van der Waals surface area (Å²) in [5.74, 6) is -0.513. The first kappa shape index (κ1) is 17.5. The number of rotatable bonds is 8. The maximum atomic E-state index is 12.4. The first-order chi connectivity index (χ1) is 9.93. The Labute approximate surface area is 123 Å². The first-order valence-electron chi connectivity index (χ1n) is 6.83. The Balaban J connectivity index is 2.71. The first-order valence-corrected chi connectivity index (χ1v) is 6.83. The zero-order chi connectivity index (χ0) is 15.8. The number of carbonyl (C=O) groups excluding carboxylic acids is 1. The van der Waals surface area contributed by atoms with Gasteiger partial charge in [0.2, 0.25) is 0 Å². The molecule has 0 saturated heterocycles. The summed E-state index contributed by atoms with van der Waals surface area (Å²) >= 11 is 0. The number of benzene rings is 1. The van der Waals surface area contributed by atoms with Crippen LogP contribution in [0.25, 0.3) is 0 Å². The van der Waals surface area contributed by atoms with Crippen LogP contribution in [0.3, 0.4) is 0 Å². The molecule has 1 rings (SSSR count). The van der Waals surface area contributed by atoms with E-state index < -0.39 is 18.9 Å². The Morgan fingerprint density at radius 1 is 1.29 bits per heavy atom. The molecule has 118 valence electrons. The van der Waals surface area contributed by atoms with Gasteiger partial charge in [-0.3, -0.25) is 4.79 Å². The summed E-state index contributed by atoms with van der Waals surface area (Å²) in [6.07, 6.45) is -2.52. The largest absolute Gasteiger partial charge is 0.395 e. The van der Waals surface area contributed by atoms with Crippen molar-refractivity contribution < 1.29 is 23.4 Å². The molecule has 6 heteroatoms.